The molecule has 1 aliphatic carbocycles. The van der Waals surface area contributed by atoms with Crippen molar-refractivity contribution in [2.24, 2.45) is 0 Å². The summed E-state index contributed by atoms with van der Waals surface area (Å²) in [5.74, 6) is 0.124. The molecule has 0 fully saturated rings. The number of allylic oxidation sites excluding steroid dienone is 1. The van der Waals surface area contributed by atoms with Crippen LogP contribution in [0.2, 0.25) is 0 Å². The summed E-state index contributed by atoms with van der Waals surface area (Å²) in [6, 6.07) is 6.80. The van der Waals surface area contributed by atoms with Crippen molar-refractivity contribution in [3.63, 3.8) is 0 Å². The van der Waals surface area contributed by atoms with Gasteiger partial charge in [0.05, 0.1) is 0 Å². The third kappa shape index (κ3) is 4.70. The first-order valence-corrected chi connectivity index (χ1v) is 9.30. The average molecular weight is 329 g/mol. The Morgan fingerprint density at radius 3 is 2.54 bits per heavy atom. The zero-order chi connectivity index (χ0) is 17.5. The van der Waals surface area contributed by atoms with E-state index in [9.17, 15) is 4.79 Å². The molecule has 24 heavy (non-hydrogen) atoms. The molecule has 0 aromatic heterocycles. The highest BCUT2D eigenvalue weighted by Crippen LogP contribution is 2.28. The Bertz CT molecular complexity index is 571. The monoisotopic (exact) mass is 328 g/mol. The van der Waals surface area contributed by atoms with E-state index in [0.29, 0.717) is 6.04 Å². The summed E-state index contributed by atoms with van der Waals surface area (Å²) in [7, 11) is 3.88. The topological polar surface area (TPSA) is 23.6 Å². The first-order valence-electron chi connectivity index (χ1n) is 9.30. The van der Waals surface area contributed by atoms with Crippen molar-refractivity contribution in [3.05, 3.63) is 47.2 Å². The van der Waals surface area contributed by atoms with E-state index >= 15 is 0 Å². The molecule has 0 spiro atoms. The summed E-state index contributed by atoms with van der Waals surface area (Å²) in [6.45, 7) is 6.82. The average Bonchev–Trinajstić information content (AvgIpc) is 2.58. The van der Waals surface area contributed by atoms with Crippen molar-refractivity contribution in [3.8, 4) is 0 Å². The fraction of sp³-hybridized carbons (Fsp3) is 0.571. The predicted octanol–water partition coefficient (Wildman–Crippen LogP) is 3.92. The van der Waals surface area contributed by atoms with E-state index in [0.717, 1.165) is 31.5 Å². The Balaban J connectivity index is 2.24. The van der Waals surface area contributed by atoms with Gasteiger partial charge in [-0.25, -0.2) is 0 Å². The van der Waals surface area contributed by atoms with E-state index in [1.807, 2.05) is 37.3 Å². The maximum Gasteiger partial charge on any atom is 0.187 e. The van der Waals surface area contributed by atoms with Crippen LogP contribution in [-0.2, 0) is 12.8 Å². The Morgan fingerprint density at radius 1 is 1.21 bits per heavy atom. The molecular formula is C21H32N2O. The number of nitrogens with zero attached hydrogens (tertiary/aromatic N) is 2. The molecule has 1 atom stereocenters. The zero-order valence-corrected chi connectivity index (χ0v) is 15.7. The Morgan fingerprint density at radius 2 is 1.92 bits per heavy atom. The number of carbonyl (C=O) groups is 1. The summed E-state index contributed by atoms with van der Waals surface area (Å²) >= 11 is 0. The van der Waals surface area contributed by atoms with Gasteiger partial charge in [-0.3, -0.25) is 4.79 Å². The van der Waals surface area contributed by atoms with Crippen LogP contribution in [0.3, 0.4) is 0 Å². The van der Waals surface area contributed by atoms with Gasteiger partial charge in [0, 0.05) is 38.0 Å². The molecule has 0 N–H and O–H groups in total. The van der Waals surface area contributed by atoms with Crippen molar-refractivity contribution >= 4 is 5.78 Å². The van der Waals surface area contributed by atoms with Crippen LogP contribution < -0.4 is 0 Å². The van der Waals surface area contributed by atoms with Gasteiger partial charge in [0.15, 0.2) is 5.78 Å². The smallest absolute Gasteiger partial charge is 0.187 e. The van der Waals surface area contributed by atoms with Gasteiger partial charge in [0.1, 0.15) is 0 Å². The largest absolute Gasteiger partial charge is 0.383 e. The van der Waals surface area contributed by atoms with E-state index in [4.69, 9.17) is 0 Å². The van der Waals surface area contributed by atoms with E-state index in [-0.39, 0.29) is 5.78 Å². The Hall–Kier alpha value is -1.61. The maximum absolute atomic E-state index is 12.6. The van der Waals surface area contributed by atoms with Gasteiger partial charge >= 0.3 is 0 Å². The lowest BCUT2D eigenvalue weighted by molar-refractivity contribution is 0.104. The molecular weight excluding hydrogens is 296 g/mol. The SMILES string of the molecule is CCCN(CCC)C1CCc2cccc(C(=O)/C=C/N(C)C)c2C1. The molecule has 3 heteroatoms. The van der Waals surface area contributed by atoms with Crippen LogP contribution in [0.25, 0.3) is 0 Å². The maximum atomic E-state index is 12.6. The van der Waals surface area contributed by atoms with Gasteiger partial charge in [0.2, 0.25) is 0 Å². The van der Waals surface area contributed by atoms with Crippen molar-refractivity contribution in [1.29, 1.82) is 0 Å². The molecule has 1 aromatic rings. The molecule has 0 aliphatic heterocycles. The van der Waals surface area contributed by atoms with E-state index < -0.39 is 0 Å². The number of fused-ring (bicyclic) bond motifs is 1. The fourth-order valence-electron chi connectivity index (χ4n) is 3.67. The van der Waals surface area contributed by atoms with Gasteiger partial charge in [-0.1, -0.05) is 32.0 Å². The highest BCUT2D eigenvalue weighted by Gasteiger charge is 2.26. The van der Waals surface area contributed by atoms with E-state index in [1.54, 1.807) is 6.08 Å². The number of rotatable bonds is 8. The number of benzene rings is 1. The van der Waals surface area contributed by atoms with E-state index in [1.165, 1.54) is 30.4 Å². The third-order valence-electron chi connectivity index (χ3n) is 4.79. The van der Waals surface area contributed by atoms with Gasteiger partial charge in [-0.05, 0) is 56.3 Å². The molecule has 1 unspecified atom stereocenters. The van der Waals surface area contributed by atoms with Gasteiger partial charge in [-0.15, -0.1) is 0 Å². The standard InChI is InChI=1S/C21H32N2O/c1-5-13-23(14-6-2)18-11-10-17-8-7-9-19(20(17)16-18)21(24)12-15-22(3)4/h7-9,12,15,18H,5-6,10-11,13-14,16H2,1-4H3/b15-12+. The predicted molar refractivity (Wildman–Crippen MR) is 102 cm³/mol. The molecule has 0 bridgehead atoms. The molecule has 0 saturated carbocycles. The highest BCUT2D eigenvalue weighted by atomic mass is 16.1. The molecule has 0 saturated heterocycles. The Kier molecular flexibility index (Phi) is 7.04. The summed E-state index contributed by atoms with van der Waals surface area (Å²) < 4.78 is 0. The summed E-state index contributed by atoms with van der Waals surface area (Å²) in [5, 5.41) is 0. The number of ketones is 1. The van der Waals surface area contributed by atoms with Crippen molar-refractivity contribution in [2.45, 2.75) is 52.0 Å². The minimum absolute atomic E-state index is 0.124. The molecule has 0 radical (unpaired) electrons. The van der Waals surface area contributed by atoms with E-state index in [2.05, 4.69) is 24.8 Å². The van der Waals surface area contributed by atoms with Crippen LogP contribution in [0, 0.1) is 0 Å². The molecule has 1 aliphatic rings. The molecule has 0 amide bonds. The quantitative estimate of drug-likeness (QED) is 0.534. The van der Waals surface area contributed by atoms with Crippen LogP contribution in [0.15, 0.2) is 30.5 Å². The molecule has 0 heterocycles. The minimum Gasteiger partial charge on any atom is -0.383 e. The lowest BCUT2D eigenvalue weighted by atomic mass is 9.83. The summed E-state index contributed by atoms with van der Waals surface area (Å²) in [5.41, 5.74) is 3.53. The van der Waals surface area contributed by atoms with Crippen molar-refractivity contribution in [2.75, 3.05) is 27.2 Å². The molecule has 132 valence electrons. The molecule has 3 nitrogen and oxygen atoms in total. The van der Waals surface area contributed by atoms with Gasteiger partial charge < -0.3 is 9.80 Å². The minimum atomic E-state index is 0.124. The number of hydrogen-bond donors (Lipinski definition) is 0. The lowest BCUT2D eigenvalue weighted by Crippen LogP contribution is -2.40. The van der Waals surface area contributed by atoms with Crippen LogP contribution in [0.4, 0.5) is 0 Å². The lowest BCUT2D eigenvalue weighted by Gasteiger charge is -2.35. The normalized spacial score (nSPS) is 17.3. The van der Waals surface area contributed by atoms with Crippen molar-refractivity contribution < 1.29 is 4.79 Å². The number of carbonyl (C=O) groups excluding carboxylic acids is 1. The highest BCUT2D eigenvalue weighted by molar-refractivity contribution is 6.05. The second-order valence-electron chi connectivity index (χ2n) is 7.02. The van der Waals surface area contributed by atoms with Crippen LogP contribution in [0.5, 0.6) is 0 Å². The third-order valence-corrected chi connectivity index (χ3v) is 4.79. The number of hydrogen-bond acceptors (Lipinski definition) is 3. The Labute approximate surface area is 147 Å². The zero-order valence-electron chi connectivity index (χ0n) is 15.7. The van der Waals surface area contributed by atoms with Crippen molar-refractivity contribution in [1.82, 2.24) is 9.80 Å². The molecule has 1 aromatic carbocycles. The summed E-state index contributed by atoms with van der Waals surface area (Å²) in [6.07, 6.45) is 9.20. The first-order chi connectivity index (χ1) is 11.6. The van der Waals surface area contributed by atoms with Gasteiger partial charge in [0.25, 0.3) is 0 Å². The second-order valence-corrected chi connectivity index (χ2v) is 7.02. The van der Waals surface area contributed by atoms with Crippen LogP contribution in [0.1, 0.15) is 54.6 Å². The second kappa shape index (κ2) is 9.03. The summed E-state index contributed by atoms with van der Waals surface area (Å²) in [4.78, 5) is 17.1. The van der Waals surface area contributed by atoms with Crippen LogP contribution >= 0.6 is 0 Å². The molecule has 2 rings (SSSR count). The first kappa shape index (κ1) is 18.7. The van der Waals surface area contributed by atoms with Crippen LogP contribution in [-0.4, -0.2) is 48.8 Å². The fourth-order valence-corrected chi connectivity index (χ4v) is 3.67. The number of aryl methyl sites for hydroxylation is 1. The van der Waals surface area contributed by atoms with Gasteiger partial charge in [-0.2, -0.15) is 0 Å².